The normalized spacial score (nSPS) is 11.1. The van der Waals surface area contributed by atoms with Gasteiger partial charge < -0.3 is 4.57 Å². The third-order valence-corrected chi connectivity index (χ3v) is 3.90. The van der Waals surface area contributed by atoms with Gasteiger partial charge in [0.05, 0.1) is 23.8 Å². The topological polar surface area (TPSA) is 34.9 Å². The van der Waals surface area contributed by atoms with Gasteiger partial charge in [-0.2, -0.15) is 4.98 Å². The molecule has 0 saturated carbocycles. The number of fused-ring (bicyclic) bond motifs is 1. The first kappa shape index (κ1) is 14.4. The first-order chi connectivity index (χ1) is 10.5. The molecule has 0 atom stereocenters. The number of nitrogens with zero attached hydrogens (tertiary/aromatic N) is 2. The van der Waals surface area contributed by atoms with Crippen LogP contribution in [0, 0.1) is 26.6 Å². The summed E-state index contributed by atoms with van der Waals surface area (Å²) in [5.41, 5.74) is 3.94. The van der Waals surface area contributed by atoms with E-state index in [1.807, 2.05) is 49.6 Å². The predicted octanol–water partition coefficient (Wildman–Crippen LogP) is 3.51. The lowest BCUT2D eigenvalue weighted by atomic mass is 10.0. The molecule has 3 rings (SSSR count). The van der Waals surface area contributed by atoms with Gasteiger partial charge in [-0.15, -0.1) is 0 Å². The lowest BCUT2D eigenvalue weighted by Crippen LogP contribution is -2.14. The van der Waals surface area contributed by atoms with E-state index in [-0.39, 0.29) is 11.4 Å². The quantitative estimate of drug-likeness (QED) is 0.725. The summed E-state index contributed by atoms with van der Waals surface area (Å²) in [4.78, 5) is 15.8. The molecule has 3 aromatic rings. The van der Waals surface area contributed by atoms with E-state index in [2.05, 4.69) is 4.98 Å². The van der Waals surface area contributed by atoms with Gasteiger partial charge in [-0.1, -0.05) is 17.7 Å². The van der Waals surface area contributed by atoms with Gasteiger partial charge in [0.25, 0.3) is 5.56 Å². The summed E-state index contributed by atoms with van der Waals surface area (Å²) < 4.78 is 16.1. The minimum Gasteiger partial charge on any atom is -0.327 e. The van der Waals surface area contributed by atoms with E-state index in [1.54, 1.807) is 0 Å². The molecule has 0 aliphatic rings. The van der Waals surface area contributed by atoms with Crippen LogP contribution >= 0.6 is 0 Å². The van der Waals surface area contributed by atoms with Gasteiger partial charge >= 0.3 is 0 Å². The Hall–Kier alpha value is -2.49. The second-order valence-corrected chi connectivity index (χ2v) is 5.74. The number of halogens is 1. The standard InChI is InChI=1S/C18H17FN2O/c1-11-4-5-17-14(7-11)18(22)20-10-21(17)9-15-13(3)6-12(2)8-16(15)19/h4-8,10H,9H2,1-3H3. The fraction of sp³-hybridized carbons (Fsp3) is 0.222. The van der Waals surface area contributed by atoms with Gasteiger partial charge in [-0.3, -0.25) is 4.79 Å². The summed E-state index contributed by atoms with van der Waals surface area (Å²) in [6.45, 7) is 6.05. The summed E-state index contributed by atoms with van der Waals surface area (Å²) in [6.07, 6.45) is 1.48. The number of hydrogen-bond donors (Lipinski definition) is 0. The summed E-state index contributed by atoms with van der Waals surface area (Å²) in [7, 11) is 0. The molecule has 0 spiro atoms. The van der Waals surface area contributed by atoms with Crippen LogP contribution in [0.2, 0.25) is 0 Å². The van der Waals surface area contributed by atoms with Crippen LogP contribution in [0.3, 0.4) is 0 Å². The Morgan fingerprint density at radius 2 is 1.86 bits per heavy atom. The zero-order valence-electron chi connectivity index (χ0n) is 12.9. The minimum atomic E-state index is -0.254. The fourth-order valence-corrected chi connectivity index (χ4v) is 2.77. The van der Waals surface area contributed by atoms with Gasteiger partial charge in [0, 0.05) is 5.56 Å². The number of rotatable bonds is 2. The van der Waals surface area contributed by atoms with Crippen molar-refractivity contribution >= 4 is 10.9 Å². The van der Waals surface area contributed by atoms with Crippen LogP contribution in [-0.4, -0.2) is 9.55 Å². The van der Waals surface area contributed by atoms with Crippen molar-refractivity contribution in [2.75, 3.05) is 0 Å². The first-order valence-corrected chi connectivity index (χ1v) is 7.17. The monoisotopic (exact) mass is 296 g/mol. The molecule has 2 aromatic carbocycles. The van der Waals surface area contributed by atoms with E-state index in [0.717, 1.165) is 22.2 Å². The lowest BCUT2D eigenvalue weighted by molar-refractivity contribution is 0.596. The summed E-state index contributed by atoms with van der Waals surface area (Å²) >= 11 is 0. The van der Waals surface area contributed by atoms with Crippen LogP contribution in [0.4, 0.5) is 4.39 Å². The Balaban J connectivity index is 2.17. The van der Waals surface area contributed by atoms with Crippen molar-refractivity contribution in [2.24, 2.45) is 0 Å². The fourth-order valence-electron chi connectivity index (χ4n) is 2.77. The maximum Gasteiger partial charge on any atom is 0.280 e. The number of benzene rings is 2. The van der Waals surface area contributed by atoms with Crippen LogP contribution in [0.1, 0.15) is 22.3 Å². The molecule has 22 heavy (non-hydrogen) atoms. The van der Waals surface area contributed by atoms with Gasteiger partial charge in [-0.05, 0) is 50.1 Å². The Bertz CT molecular complexity index is 905. The van der Waals surface area contributed by atoms with Crippen molar-refractivity contribution in [1.29, 1.82) is 0 Å². The third-order valence-electron chi connectivity index (χ3n) is 3.90. The molecule has 1 heterocycles. The predicted molar refractivity (Wildman–Crippen MR) is 85.7 cm³/mol. The zero-order chi connectivity index (χ0) is 15.9. The SMILES string of the molecule is Cc1cc(C)c(Cn2cnc(=O)c3cc(C)ccc32)c(F)c1. The second kappa shape index (κ2) is 5.37. The van der Waals surface area contributed by atoms with Crippen LogP contribution in [-0.2, 0) is 6.54 Å². The van der Waals surface area contributed by atoms with Crippen LogP contribution in [0.15, 0.2) is 41.5 Å². The summed E-state index contributed by atoms with van der Waals surface area (Å²) in [5.74, 6) is -0.225. The van der Waals surface area contributed by atoms with E-state index >= 15 is 0 Å². The molecule has 0 aliphatic heterocycles. The van der Waals surface area contributed by atoms with Crippen molar-refractivity contribution in [3.8, 4) is 0 Å². The molecule has 0 N–H and O–H groups in total. The molecule has 1 aromatic heterocycles. The Kier molecular flexibility index (Phi) is 3.53. The molecule has 0 saturated heterocycles. The molecule has 0 aliphatic carbocycles. The highest BCUT2D eigenvalue weighted by atomic mass is 19.1. The molecule has 0 amide bonds. The molecule has 0 fully saturated rings. The zero-order valence-corrected chi connectivity index (χ0v) is 12.9. The van der Waals surface area contributed by atoms with E-state index in [4.69, 9.17) is 0 Å². The summed E-state index contributed by atoms with van der Waals surface area (Å²) in [5, 5.41) is 0.563. The maximum atomic E-state index is 14.2. The van der Waals surface area contributed by atoms with Crippen molar-refractivity contribution in [3.05, 3.63) is 75.1 Å². The molecule has 3 nitrogen and oxygen atoms in total. The van der Waals surface area contributed by atoms with Crippen LogP contribution in [0.5, 0.6) is 0 Å². The van der Waals surface area contributed by atoms with Gasteiger partial charge in [0.15, 0.2) is 0 Å². The summed E-state index contributed by atoms with van der Waals surface area (Å²) in [6, 6.07) is 9.14. The van der Waals surface area contributed by atoms with Crippen LogP contribution < -0.4 is 5.56 Å². The average molecular weight is 296 g/mol. The van der Waals surface area contributed by atoms with E-state index in [1.165, 1.54) is 12.4 Å². The molecule has 0 bridgehead atoms. The third kappa shape index (κ3) is 2.52. The smallest absolute Gasteiger partial charge is 0.280 e. The number of aryl methyl sites for hydroxylation is 3. The van der Waals surface area contributed by atoms with E-state index < -0.39 is 0 Å². The second-order valence-electron chi connectivity index (χ2n) is 5.74. The number of aromatic nitrogens is 2. The van der Waals surface area contributed by atoms with Crippen molar-refractivity contribution in [1.82, 2.24) is 9.55 Å². The van der Waals surface area contributed by atoms with E-state index in [0.29, 0.717) is 17.5 Å². The lowest BCUT2D eigenvalue weighted by Gasteiger charge is -2.13. The highest BCUT2D eigenvalue weighted by Crippen LogP contribution is 2.19. The maximum absolute atomic E-state index is 14.2. The Labute approximate surface area is 128 Å². The van der Waals surface area contributed by atoms with Crippen molar-refractivity contribution in [3.63, 3.8) is 0 Å². The van der Waals surface area contributed by atoms with Crippen molar-refractivity contribution in [2.45, 2.75) is 27.3 Å². The highest BCUT2D eigenvalue weighted by molar-refractivity contribution is 5.78. The Morgan fingerprint density at radius 3 is 2.59 bits per heavy atom. The number of hydrogen-bond acceptors (Lipinski definition) is 2. The molecule has 4 heteroatoms. The van der Waals surface area contributed by atoms with Gasteiger partial charge in [0.1, 0.15) is 5.82 Å². The largest absolute Gasteiger partial charge is 0.327 e. The molecule has 0 radical (unpaired) electrons. The Morgan fingerprint density at radius 1 is 1.09 bits per heavy atom. The minimum absolute atomic E-state index is 0.225. The van der Waals surface area contributed by atoms with Gasteiger partial charge in [-0.25, -0.2) is 4.39 Å². The van der Waals surface area contributed by atoms with Crippen molar-refractivity contribution < 1.29 is 4.39 Å². The molecule has 0 unspecified atom stereocenters. The first-order valence-electron chi connectivity index (χ1n) is 7.17. The average Bonchev–Trinajstić information content (AvgIpc) is 2.45. The van der Waals surface area contributed by atoms with Gasteiger partial charge in [0.2, 0.25) is 0 Å². The van der Waals surface area contributed by atoms with Crippen LogP contribution in [0.25, 0.3) is 10.9 Å². The molecular formula is C18H17FN2O. The molecule has 112 valence electrons. The van der Waals surface area contributed by atoms with E-state index in [9.17, 15) is 9.18 Å². The highest BCUT2D eigenvalue weighted by Gasteiger charge is 2.10. The molecular weight excluding hydrogens is 279 g/mol.